The summed E-state index contributed by atoms with van der Waals surface area (Å²) >= 11 is 3.61. The van der Waals surface area contributed by atoms with Gasteiger partial charge in [0.2, 0.25) is 11.8 Å². The Balaban J connectivity index is 1.03. The Labute approximate surface area is 335 Å². The van der Waals surface area contributed by atoms with E-state index in [1.54, 1.807) is 21.2 Å². The molecule has 0 spiro atoms. The number of rotatable bonds is 10. The molecule has 4 amide bonds. The average molecular weight is 806 g/mol. The van der Waals surface area contributed by atoms with Gasteiger partial charge in [0, 0.05) is 39.6 Å². The third-order valence-corrected chi connectivity index (χ3v) is 13.8. The zero-order valence-electron chi connectivity index (χ0n) is 33.0. The van der Waals surface area contributed by atoms with E-state index in [-0.39, 0.29) is 58.1 Å². The first-order valence-corrected chi connectivity index (χ1v) is 21.0. The number of carbonyl (C=O) groups excluding carboxylic acids is 4. The van der Waals surface area contributed by atoms with Gasteiger partial charge in [-0.2, -0.15) is 0 Å². The van der Waals surface area contributed by atoms with Crippen molar-refractivity contribution in [1.29, 1.82) is 0 Å². The molecular weight excluding hydrogens is 755 g/mol. The number of amides is 4. The zero-order chi connectivity index (χ0) is 40.0. The van der Waals surface area contributed by atoms with Gasteiger partial charge in [0.25, 0.3) is 0 Å². The number of aromatic amines is 1. The van der Waals surface area contributed by atoms with E-state index in [1.165, 1.54) is 19.1 Å². The molecule has 8 atom stereocenters. The van der Waals surface area contributed by atoms with Crippen LogP contribution in [0.25, 0.3) is 15.5 Å². The fourth-order valence-electron chi connectivity index (χ4n) is 8.04. The Hall–Kier alpha value is -4.51. The highest BCUT2D eigenvalue weighted by atomic mass is 32.2. The van der Waals surface area contributed by atoms with E-state index in [4.69, 9.17) is 24.5 Å². The number of methoxy groups -OCH3 is 2. The van der Waals surface area contributed by atoms with Gasteiger partial charge in [-0.05, 0) is 54.2 Å². The van der Waals surface area contributed by atoms with Crippen LogP contribution >= 0.6 is 23.5 Å². The maximum atomic E-state index is 13.8. The number of pyridine rings is 1. The smallest absolute Gasteiger partial charge is 0.407 e. The number of H-pyrrole nitrogens is 1. The first-order valence-electron chi connectivity index (χ1n) is 19.2. The van der Waals surface area contributed by atoms with Crippen LogP contribution in [0.3, 0.4) is 0 Å². The molecule has 0 bridgehead atoms. The van der Waals surface area contributed by atoms with Crippen molar-refractivity contribution in [3.63, 3.8) is 0 Å². The van der Waals surface area contributed by atoms with Gasteiger partial charge in [0.15, 0.2) is 11.5 Å². The zero-order valence-corrected chi connectivity index (χ0v) is 34.6. The number of imidazole rings is 1. The summed E-state index contributed by atoms with van der Waals surface area (Å²) in [6, 6.07) is 2.18. The van der Waals surface area contributed by atoms with E-state index in [0.717, 1.165) is 34.8 Å². The van der Waals surface area contributed by atoms with E-state index in [2.05, 4.69) is 47.7 Å². The van der Waals surface area contributed by atoms with Crippen molar-refractivity contribution in [2.24, 2.45) is 23.7 Å². The lowest BCUT2D eigenvalue weighted by Gasteiger charge is -2.30. The largest absolute Gasteiger partial charge is 0.453 e. The van der Waals surface area contributed by atoms with Crippen LogP contribution in [0.5, 0.6) is 0 Å². The number of likely N-dealkylation sites (tertiary alicyclic amines) is 2. The maximum absolute atomic E-state index is 13.8. The van der Waals surface area contributed by atoms with Crippen LogP contribution in [-0.4, -0.2) is 108 Å². The molecule has 0 aromatic carbocycles. The van der Waals surface area contributed by atoms with E-state index in [9.17, 15) is 19.2 Å². The third kappa shape index (κ3) is 7.88. The Morgan fingerprint density at radius 3 is 1.98 bits per heavy atom. The summed E-state index contributed by atoms with van der Waals surface area (Å²) in [5, 5.41) is 10.7. The van der Waals surface area contributed by atoms with Crippen LogP contribution < -0.4 is 10.6 Å². The number of hydrogen-bond acceptors (Lipinski definition) is 11. The number of nitrogens with one attached hydrogen (secondary N) is 3. The fraction of sp³-hybridized carbons (Fsp3) is 0.564. The van der Waals surface area contributed by atoms with Crippen molar-refractivity contribution in [2.75, 3.05) is 27.3 Å². The number of ether oxygens (including phenoxy) is 2. The summed E-state index contributed by atoms with van der Waals surface area (Å²) in [4.78, 5) is 70.7. The highest BCUT2D eigenvalue weighted by Gasteiger charge is 2.42. The van der Waals surface area contributed by atoms with Crippen LogP contribution in [0.1, 0.15) is 89.4 Å². The number of carbonyl (C=O) groups is 4. The predicted octanol–water partition coefficient (Wildman–Crippen LogP) is 5.65. The molecule has 17 heteroatoms. The minimum absolute atomic E-state index is 0.109. The number of nitrogens with zero attached hydrogens (tertiary/aromatic N) is 6. The highest BCUT2D eigenvalue weighted by Crippen LogP contribution is 2.53. The van der Waals surface area contributed by atoms with Gasteiger partial charge in [-0.25, -0.2) is 24.1 Å². The van der Waals surface area contributed by atoms with Crippen LogP contribution in [0.2, 0.25) is 0 Å². The Morgan fingerprint density at radius 2 is 1.39 bits per heavy atom. The maximum Gasteiger partial charge on any atom is 0.407 e. The molecule has 300 valence electrons. The molecule has 4 aliphatic heterocycles. The fourth-order valence-corrected chi connectivity index (χ4v) is 10.9. The SMILES string of the molecule is COC(=O)N[C@@H](C(=O)N1C[C@@H](C)C[C@H]1c1nc2cc(C3=CC4SC(c5cnc([C@@H]6C[C@H](C)CN6C(=O)[C@H](NC(=O)OC)C(C)C)[nH]5)=CC4S3)ccn2n1)C(C)C. The van der Waals surface area contributed by atoms with Gasteiger partial charge in [-0.3, -0.25) is 9.59 Å². The van der Waals surface area contributed by atoms with E-state index >= 15 is 0 Å². The minimum Gasteiger partial charge on any atom is -0.453 e. The third-order valence-electron chi connectivity index (χ3n) is 11.0. The topological polar surface area (TPSA) is 176 Å². The van der Waals surface area contributed by atoms with Gasteiger partial charge in [-0.15, -0.1) is 28.6 Å². The molecule has 7 heterocycles. The molecule has 2 fully saturated rings. The second kappa shape index (κ2) is 16.2. The van der Waals surface area contributed by atoms with E-state index < -0.39 is 24.3 Å². The standard InChI is InChI=1S/C39H51N9O6S2/c1-19(2)32(43-38(51)53-7)36(49)46-17-21(5)11-25(46)34-40-16-24(41-34)28-15-30-29(56-28)14-27(55-30)23-9-10-48-31(13-23)42-35(45-48)26-12-22(6)18-47(26)37(50)33(20(3)4)44-39(52)54-8/h9-10,13-16,19-22,25-26,29-30,32-33H,11-12,17-18H2,1-8H3,(H,40,41)(H,43,51)(H,44,52)/t21-,22-,25-,26-,29?,30?,32+,33+/m0/s1. The first kappa shape index (κ1) is 39.7. The number of hydrogen-bond donors (Lipinski definition) is 3. The highest BCUT2D eigenvalue weighted by molar-refractivity contribution is 8.14. The number of aromatic nitrogens is 5. The summed E-state index contributed by atoms with van der Waals surface area (Å²) < 4.78 is 11.3. The van der Waals surface area contributed by atoms with Crippen molar-refractivity contribution < 1.29 is 28.7 Å². The first-order chi connectivity index (χ1) is 26.7. The Morgan fingerprint density at radius 1 is 0.839 bits per heavy atom. The van der Waals surface area contributed by atoms with Crippen LogP contribution in [-0.2, 0) is 19.1 Å². The summed E-state index contributed by atoms with van der Waals surface area (Å²) in [6.07, 6.45) is 8.63. The average Bonchev–Trinajstić information content (AvgIpc) is 4.01. The van der Waals surface area contributed by atoms with Crippen molar-refractivity contribution >= 4 is 63.0 Å². The van der Waals surface area contributed by atoms with Gasteiger partial charge in [0.05, 0.1) is 38.2 Å². The van der Waals surface area contributed by atoms with Crippen LogP contribution in [0.15, 0.2) is 36.7 Å². The lowest BCUT2D eigenvalue weighted by atomic mass is 10.0. The summed E-state index contributed by atoms with van der Waals surface area (Å²) in [5.74, 6) is 1.35. The molecule has 0 saturated carbocycles. The van der Waals surface area contributed by atoms with Gasteiger partial charge < -0.3 is 34.9 Å². The quantitative estimate of drug-likeness (QED) is 0.231. The van der Waals surface area contributed by atoms with Crippen molar-refractivity contribution in [1.82, 2.24) is 45.0 Å². The Kier molecular flexibility index (Phi) is 11.5. The van der Waals surface area contributed by atoms with E-state index in [0.29, 0.717) is 24.6 Å². The van der Waals surface area contributed by atoms with Crippen LogP contribution in [0, 0.1) is 23.7 Å². The summed E-state index contributed by atoms with van der Waals surface area (Å²) in [7, 11) is 2.59. The molecule has 3 aromatic heterocycles. The molecule has 2 unspecified atom stereocenters. The predicted molar refractivity (Wildman–Crippen MR) is 215 cm³/mol. The molecule has 7 rings (SSSR count). The molecule has 3 aromatic rings. The minimum atomic E-state index is -0.717. The van der Waals surface area contributed by atoms with Crippen molar-refractivity contribution in [3.8, 4) is 0 Å². The van der Waals surface area contributed by atoms with Crippen LogP contribution in [0.4, 0.5) is 9.59 Å². The lowest BCUT2D eigenvalue weighted by molar-refractivity contribution is -0.136. The number of alkyl carbamates (subject to hydrolysis) is 2. The number of fused-ring (bicyclic) bond motifs is 2. The monoisotopic (exact) mass is 805 g/mol. The molecular formula is C39H51N9O6S2. The van der Waals surface area contributed by atoms with Gasteiger partial charge in [0.1, 0.15) is 17.9 Å². The second-order valence-corrected chi connectivity index (χ2v) is 18.4. The molecule has 0 aliphatic carbocycles. The van der Waals surface area contributed by atoms with E-state index in [1.807, 2.05) is 62.8 Å². The Bertz CT molecular complexity index is 2060. The second-order valence-electron chi connectivity index (χ2n) is 16.0. The molecule has 0 radical (unpaired) electrons. The van der Waals surface area contributed by atoms with Crippen molar-refractivity contribution in [2.45, 2.75) is 89.1 Å². The molecule has 15 nitrogen and oxygen atoms in total. The van der Waals surface area contributed by atoms with Crippen molar-refractivity contribution in [3.05, 3.63) is 59.6 Å². The molecule has 56 heavy (non-hydrogen) atoms. The summed E-state index contributed by atoms with van der Waals surface area (Å²) in [5.41, 5.74) is 2.70. The number of thioether (sulfide) groups is 2. The lowest BCUT2D eigenvalue weighted by Crippen LogP contribution is -2.51. The van der Waals surface area contributed by atoms with Gasteiger partial charge in [-0.1, -0.05) is 53.7 Å². The van der Waals surface area contributed by atoms with Gasteiger partial charge >= 0.3 is 12.2 Å². The normalized spacial score (nSPS) is 25.7. The summed E-state index contributed by atoms with van der Waals surface area (Å²) in [6.45, 7) is 13.0. The molecule has 4 aliphatic rings. The molecule has 2 saturated heterocycles. The molecule has 3 N–H and O–H groups in total.